The van der Waals surface area contributed by atoms with Crippen LogP contribution in [0.25, 0.3) is 0 Å². The van der Waals surface area contributed by atoms with Crippen LogP contribution in [0.3, 0.4) is 0 Å². The van der Waals surface area contributed by atoms with Crippen molar-refractivity contribution in [3.8, 4) is 11.5 Å². The summed E-state index contributed by atoms with van der Waals surface area (Å²) in [5, 5.41) is 0.631. The second-order valence-corrected chi connectivity index (χ2v) is 7.34. The minimum Gasteiger partial charge on any atom is -0.493 e. The second-order valence-electron chi connectivity index (χ2n) is 6.90. The lowest BCUT2D eigenvalue weighted by Gasteiger charge is -2.28. The monoisotopic (exact) mass is 339 g/mol. The van der Waals surface area contributed by atoms with Gasteiger partial charge in [0.05, 0.1) is 13.2 Å². The molecule has 3 rings (SSSR count). The van der Waals surface area contributed by atoms with Crippen LogP contribution < -0.4 is 9.47 Å². The number of halogens is 1. The van der Waals surface area contributed by atoms with Crippen LogP contribution in [0.5, 0.6) is 11.5 Å². The Hall–Kier alpha value is -0.970. The average Bonchev–Trinajstić information content (AvgIpc) is 2.91. The molecule has 1 aromatic rings. The Balaban J connectivity index is 1.54. The fraction of sp³-hybridized carbons (Fsp3) is 0.667. The van der Waals surface area contributed by atoms with E-state index in [0.29, 0.717) is 16.9 Å². The van der Waals surface area contributed by atoms with Gasteiger partial charge >= 0.3 is 0 Å². The summed E-state index contributed by atoms with van der Waals surface area (Å²) in [7, 11) is 2.17. The van der Waals surface area contributed by atoms with Crippen LogP contribution in [-0.4, -0.2) is 44.5 Å². The molecule has 5 heteroatoms. The first-order valence-electron chi connectivity index (χ1n) is 8.48. The van der Waals surface area contributed by atoms with Crippen molar-refractivity contribution in [2.24, 2.45) is 11.8 Å². The van der Waals surface area contributed by atoms with Gasteiger partial charge in [-0.25, -0.2) is 0 Å². The SMILES string of the molecule is C[C@H]1COC(Oc2cc(Cl)cc(OCC3CCN(C)CC3)c2)C1. The van der Waals surface area contributed by atoms with E-state index < -0.39 is 0 Å². The molecular weight excluding hydrogens is 314 g/mol. The number of hydrogen-bond acceptors (Lipinski definition) is 4. The first-order chi connectivity index (χ1) is 11.1. The topological polar surface area (TPSA) is 30.9 Å². The van der Waals surface area contributed by atoms with E-state index in [-0.39, 0.29) is 6.29 Å². The predicted molar refractivity (Wildman–Crippen MR) is 91.3 cm³/mol. The Kier molecular flexibility index (Phi) is 5.67. The van der Waals surface area contributed by atoms with Crippen molar-refractivity contribution < 1.29 is 14.2 Å². The first-order valence-corrected chi connectivity index (χ1v) is 8.86. The molecule has 2 aliphatic heterocycles. The van der Waals surface area contributed by atoms with Gasteiger partial charge in [-0.05, 0) is 56.9 Å². The van der Waals surface area contributed by atoms with Crippen LogP contribution in [0.2, 0.25) is 5.02 Å². The average molecular weight is 340 g/mol. The maximum atomic E-state index is 6.20. The van der Waals surface area contributed by atoms with Gasteiger partial charge in [-0.2, -0.15) is 0 Å². The zero-order valence-corrected chi connectivity index (χ0v) is 14.7. The Morgan fingerprint density at radius 1 is 1.22 bits per heavy atom. The number of piperidine rings is 1. The summed E-state index contributed by atoms with van der Waals surface area (Å²) in [5.41, 5.74) is 0. The maximum absolute atomic E-state index is 6.20. The highest BCUT2D eigenvalue weighted by atomic mass is 35.5. The Bertz CT molecular complexity index is 517. The highest BCUT2D eigenvalue weighted by Crippen LogP contribution is 2.30. The molecule has 23 heavy (non-hydrogen) atoms. The summed E-state index contributed by atoms with van der Waals surface area (Å²) < 4.78 is 17.4. The molecule has 0 bridgehead atoms. The van der Waals surface area contributed by atoms with E-state index in [1.165, 1.54) is 12.8 Å². The molecule has 1 aromatic carbocycles. The Morgan fingerprint density at radius 2 is 1.96 bits per heavy atom. The number of benzene rings is 1. The van der Waals surface area contributed by atoms with E-state index in [0.717, 1.165) is 44.2 Å². The standard InChI is InChI=1S/C18H26ClNO3/c1-13-7-18(22-11-13)23-17-9-15(19)8-16(10-17)21-12-14-3-5-20(2)6-4-14/h8-10,13-14,18H,3-7,11-12H2,1-2H3/t13-,18?/m1/s1. The van der Waals surface area contributed by atoms with Crippen LogP contribution in [0.4, 0.5) is 0 Å². The number of likely N-dealkylation sites (tertiary alicyclic amines) is 1. The quantitative estimate of drug-likeness (QED) is 0.816. The lowest BCUT2D eigenvalue weighted by atomic mass is 9.98. The summed E-state index contributed by atoms with van der Waals surface area (Å²) in [6.45, 7) is 5.96. The van der Waals surface area contributed by atoms with Gasteiger partial charge in [0.2, 0.25) is 0 Å². The van der Waals surface area contributed by atoms with Crippen LogP contribution in [-0.2, 0) is 4.74 Å². The molecule has 2 aliphatic rings. The Morgan fingerprint density at radius 3 is 2.65 bits per heavy atom. The Labute approximate surface area is 143 Å². The molecule has 0 saturated carbocycles. The third-order valence-corrected chi connectivity index (χ3v) is 4.82. The molecule has 2 fully saturated rings. The number of rotatable bonds is 5. The van der Waals surface area contributed by atoms with Gasteiger partial charge in [0.1, 0.15) is 11.5 Å². The molecule has 128 valence electrons. The molecule has 2 atom stereocenters. The van der Waals surface area contributed by atoms with Gasteiger partial charge in [0.15, 0.2) is 6.29 Å². The largest absolute Gasteiger partial charge is 0.493 e. The number of nitrogens with zero attached hydrogens (tertiary/aromatic N) is 1. The zero-order valence-electron chi connectivity index (χ0n) is 14.0. The minimum atomic E-state index is -0.176. The smallest absolute Gasteiger partial charge is 0.200 e. The molecule has 0 spiro atoms. The molecule has 0 radical (unpaired) electrons. The van der Waals surface area contributed by atoms with Crippen molar-refractivity contribution in [2.45, 2.75) is 32.5 Å². The van der Waals surface area contributed by atoms with E-state index in [9.17, 15) is 0 Å². The molecule has 2 heterocycles. The molecule has 0 aromatic heterocycles. The second kappa shape index (κ2) is 7.73. The number of hydrogen-bond donors (Lipinski definition) is 0. The van der Waals surface area contributed by atoms with Crippen molar-refractivity contribution in [3.63, 3.8) is 0 Å². The van der Waals surface area contributed by atoms with Crippen molar-refractivity contribution >= 4 is 11.6 Å². The molecule has 1 unspecified atom stereocenters. The molecule has 4 nitrogen and oxygen atoms in total. The lowest BCUT2D eigenvalue weighted by Crippen LogP contribution is -2.32. The van der Waals surface area contributed by atoms with Crippen LogP contribution in [0, 0.1) is 11.8 Å². The fourth-order valence-corrected chi connectivity index (χ4v) is 3.32. The fourth-order valence-electron chi connectivity index (χ4n) is 3.10. The van der Waals surface area contributed by atoms with E-state index >= 15 is 0 Å². The van der Waals surface area contributed by atoms with Crippen LogP contribution in [0.15, 0.2) is 18.2 Å². The van der Waals surface area contributed by atoms with Gasteiger partial charge in [-0.1, -0.05) is 18.5 Å². The van der Waals surface area contributed by atoms with Crippen LogP contribution >= 0.6 is 11.6 Å². The van der Waals surface area contributed by atoms with E-state index in [1.54, 1.807) is 0 Å². The molecule has 0 aliphatic carbocycles. The van der Waals surface area contributed by atoms with Gasteiger partial charge in [-0.3, -0.25) is 0 Å². The van der Waals surface area contributed by atoms with E-state index in [1.807, 2.05) is 18.2 Å². The summed E-state index contributed by atoms with van der Waals surface area (Å²) in [5.74, 6) is 2.65. The zero-order chi connectivity index (χ0) is 16.2. The number of ether oxygens (including phenoxy) is 3. The van der Waals surface area contributed by atoms with Crippen LogP contribution in [0.1, 0.15) is 26.2 Å². The van der Waals surface area contributed by atoms with Gasteiger partial charge in [0.25, 0.3) is 0 Å². The van der Waals surface area contributed by atoms with Crippen molar-refractivity contribution in [3.05, 3.63) is 23.2 Å². The highest BCUT2D eigenvalue weighted by molar-refractivity contribution is 6.30. The first kappa shape index (κ1) is 16.9. The highest BCUT2D eigenvalue weighted by Gasteiger charge is 2.24. The summed E-state index contributed by atoms with van der Waals surface area (Å²) in [4.78, 5) is 2.37. The summed E-state index contributed by atoms with van der Waals surface area (Å²) in [6.07, 6.45) is 3.12. The molecular formula is C18H26ClNO3. The van der Waals surface area contributed by atoms with Crippen molar-refractivity contribution in [1.82, 2.24) is 4.90 Å². The van der Waals surface area contributed by atoms with Gasteiger partial charge < -0.3 is 19.1 Å². The van der Waals surface area contributed by atoms with Gasteiger partial charge in [-0.15, -0.1) is 0 Å². The van der Waals surface area contributed by atoms with E-state index in [2.05, 4.69) is 18.9 Å². The lowest BCUT2D eigenvalue weighted by molar-refractivity contribution is -0.0394. The van der Waals surface area contributed by atoms with E-state index in [4.69, 9.17) is 25.8 Å². The predicted octanol–water partition coefficient (Wildman–Crippen LogP) is 3.82. The maximum Gasteiger partial charge on any atom is 0.200 e. The summed E-state index contributed by atoms with van der Waals surface area (Å²) in [6, 6.07) is 5.57. The molecule has 2 saturated heterocycles. The third-order valence-electron chi connectivity index (χ3n) is 4.60. The third kappa shape index (κ3) is 5.00. The van der Waals surface area contributed by atoms with Crippen molar-refractivity contribution in [2.75, 3.05) is 33.4 Å². The minimum absolute atomic E-state index is 0.176. The van der Waals surface area contributed by atoms with Gasteiger partial charge in [0, 0.05) is 17.5 Å². The van der Waals surface area contributed by atoms with Crippen molar-refractivity contribution in [1.29, 1.82) is 0 Å². The molecule has 0 amide bonds. The molecule has 0 N–H and O–H groups in total. The summed E-state index contributed by atoms with van der Waals surface area (Å²) >= 11 is 6.20. The normalized spacial score (nSPS) is 26.4.